The van der Waals surface area contributed by atoms with E-state index in [4.69, 9.17) is 4.74 Å². The highest BCUT2D eigenvalue weighted by atomic mass is 32.1. The Kier molecular flexibility index (Phi) is 6.47. The average molecular weight is 358 g/mol. The molecule has 1 aromatic heterocycles. The summed E-state index contributed by atoms with van der Waals surface area (Å²) in [6, 6.07) is 8.06. The Balaban J connectivity index is 2.00. The summed E-state index contributed by atoms with van der Waals surface area (Å²) in [6.45, 7) is 8.04. The van der Waals surface area contributed by atoms with Crippen molar-refractivity contribution in [2.24, 2.45) is 0 Å². The zero-order chi connectivity index (χ0) is 18.4. The van der Waals surface area contributed by atoms with E-state index < -0.39 is 5.97 Å². The van der Waals surface area contributed by atoms with Gasteiger partial charge in [-0.2, -0.15) is 0 Å². The molecule has 0 atom stereocenters. The largest absolute Gasteiger partial charge is 0.462 e. The topological polar surface area (TPSA) is 68.3 Å². The number of aromatic nitrogens is 1. The number of nitrogens with zero attached hydrogens (tertiary/aromatic N) is 1. The van der Waals surface area contributed by atoms with Gasteiger partial charge < -0.3 is 4.74 Å². The first-order chi connectivity index (χ1) is 11.9. The molecule has 0 aliphatic carbocycles. The summed E-state index contributed by atoms with van der Waals surface area (Å²) >= 11 is 1.11. The first-order valence-electron chi connectivity index (χ1n) is 8.14. The van der Waals surface area contributed by atoms with Crippen LogP contribution in [0.2, 0.25) is 0 Å². The van der Waals surface area contributed by atoms with Crippen molar-refractivity contribution in [3.8, 4) is 0 Å². The lowest BCUT2D eigenvalue weighted by molar-refractivity contribution is -0.111. The number of hydrogen-bond donors (Lipinski definition) is 1. The monoisotopic (exact) mass is 358 g/mol. The number of rotatable bonds is 6. The summed E-state index contributed by atoms with van der Waals surface area (Å²) in [5.41, 5.74) is 2.75. The summed E-state index contributed by atoms with van der Waals surface area (Å²) in [7, 11) is 0. The molecule has 0 unspecified atom stereocenters. The van der Waals surface area contributed by atoms with Crippen molar-refractivity contribution in [3.63, 3.8) is 0 Å². The fourth-order valence-electron chi connectivity index (χ4n) is 2.15. The van der Waals surface area contributed by atoms with Crippen LogP contribution in [0.3, 0.4) is 0 Å². The van der Waals surface area contributed by atoms with Crippen LogP contribution in [-0.4, -0.2) is 23.5 Å². The second-order valence-electron chi connectivity index (χ2n) is 5.80. The predicted octanol–water partition coefficient (Wildman–Crippen LogP) is 4.40. The average Bonchev–Trinajstić information content (AvgIpc) is 2.94. The third-order valence-corrected chi connectivity index (χ3v) is 4.57. The van der Waals surface area contributed by atoms with Crippen LogP contribution in [0.1, 0.15) is 53.2 Å². The van der Waals surface area contributed by atoms with E-state index in [0.29, 0.717) is 28.2 Å². The molecule has 1 heterocycles. The quantitative estimate of drug-likeness (QED) is 0.614. The molecule has 0 aliphatic heterocycles. The van der Waals surface area contributed by atoms with Gasteiger partial charge in [-0.1, -0.05) is 49.4 Å². The fraction of sp³-hybridized carbons (Fsp3) is 0.316. The second kappa shape index (κ2) is 8.58. The van der Waals surface area contributed by atoms with Crippen LogP contribution in [0.5, 0.6) is 0 Å². The highest BCUT2D eigenvalue weighted by Gasteiger charge is 2.16. The summed E-state index contributed by atoms with van der Waals surface area (Å²) in [5, 5.41) is 3.05. The van der Waals surface area contributed by atoms with Crippen molar-refractivity contribution in [2.45, 2.75) is 33.6 Å². The molecule has 2 rings (SSSR count). The number of ether oxygens (including phenoxy) is 1. The lowest BCUT2D eigenvalue weighted by atomic mass is 10.0. The minimum atomic E-state index is -0.418. The SMILES string of the molecule is CCOC(=O)c1sc(NC(=O)C=Cc2ccc(C(C)C)cc2)nc1C. The number of carbonyl (C=O) groups is 2. The van der Waals surface area contributed by atoms with Gasteiger partial charge in [-0.25, -0.2) is 9.78 Å². The smallest absolute Gasteiger partial charge is 0.350 e. The molecule has 2 aromatic rings. The minimum Gasteiger partial charge on any atom is -0.462 e. The zero-order valence-electron chi connectivity index (χ0n) is 14.8. The third kappa shape index (κ3) is 5.26. The standard InChI is InChI=1S/C19H22N2O3S/c1-5-24-18(23)17-13(4)20-19(25-17)21-16(22)11-8-14-6-9-15(10-7-14)12(2)3/h6-12H,5H2,1-4H3,(H,20,21,22). The van der Waals surface area contributed by atoms with Gasteiger partial charge in [-0.3, -0.25) is 10.1 Å². The number of esters is 1. The number of aryl methyl sites for hydroxylation is 1. The maximum Gasteiger partial charge on any atom is 0.350 e. The molecule has 0 aliphatic rings. The van der Waals surface area contributed by atoms with Crippen molar-refractivity contribution in [2.75, 3.05) is 11.9 Å². The van der Waals surface area contributed by atoms with Gasteiger partial charge in [0.2, 0.25) is 5.91 Å². The molecule has 1 N–H and O–H groups in total. The normalized spacial score (nSPS) is 11.1. The Morgan fingerprint density at radius 3 is 2.56 bits per heavy atom. The lowest BCUT2D eigenvalue weighted by Gasteiger charge is -2.04. The van der Waals surface area contributed by atoms with Gasteiger partial charge in [0.1, 0.15) is 4.88 Å². The van der Waals surface area contributed by atoms with Crippen LogP contribution < -0.4 is 5.32 Å². The van der Waals surface area contributed by atoms with Crippen LogP contribution in [0.15, 0.2) is 30.3 Å². The molecule has 1 aromatic carbocycles. The Labute approximate surface area is 151 Å². The van der Waals surface area contributed by atoms with E-state index in [2.05, 4.69) is 36.3 Å². The molecule has 132 valence electrons. The third-order valence-electron chi connectivity index (χ3n) is 3.52. The van der Waals surface area contributed by atoms with Crippen LogP contribution >= 0.6 is 11.3 Å². The molecule has 25 heavy (non-hydrogen) atoms. The highest BCUT2D eigenvalue weighted by molar-refractivity contribution is 7.17. The van der Waals surface area contributed by atoms with E-state index in [0.717, 1.165) is 16.9 Å². The van der Waals surface area contributed by atoms with Gasteiger partial charge in [-0.15, -0.1) is 0 Å². The molecule has 5 nitrogen and oxygen atoms in total. The zero-order valence-corrected chi connectivity index (χ0v) is 15.6. The van der Waals surface area contributed by atoms with E-state index in [1.165, 1.54) is 11.6 Å². The van der Waals surface area contributed by atoms with Crippen molar-refractivity contribution in [3.05, 3.63) is 52.0 Å². The molecular weight excluding hydrogens is 336 g/mol. The fourth-order valence-corrected chi connectivity index (χ4v) is 3.01. The van der Waals surface area contributed by atoms with Gasteiger partial charge in [0.05, 0.1) is 12.3 Å². The van der Waals surface area contributed by atoms with E-state index in [1.807, 2.05) is 12.1 Å². The highest BCUT2D eigenvalue weighted by Crippen LogP contribution is 2.23. The van der Waals surface area contributed by atoms with Gasteiger partial charge in [0, 0.05) is 6.08 Å². The van der Waals surface area contributed by atoms with Crippen molar-refractivity contribution < 1.29 is 14.3 Å². The minimum absolute atomic E-state index is 0.294. The lowest BCUT2D eigenvalue weighted by Crippen LogP contribution is -2.07. The molecule has 0 fully saturated rings. The number of anilines is 1. The Morgan fingerprint density at radius 2 is 1.96 bits per heavy atom. The van der Waals surface area contributed by atoms with Gasteiger partial charge in [-0.05, 0) is 37.0 Å². The number of hydrogen-bond acceptors (Lipinski definition) is 5. The number of carbonyl (C=O) groups excluding carboxylic acids is 2. The van der Waals surface area contributed by atoms with Crippen molar-refractivity contribution in [1.82, 2.24) is 4.98 Å². The number of nitrogens with one attached hydrogen (secondary N) is 1. The van der Waals surface area contributed by atoms with Crippen molar-refractivity contribution in [1.29, 1.82) is 0 Å². The molecule has 1 amide bonds. The van der Waals surface area contributed by atoms with Crippen molar-refractivity contribution >= 4 is 34.4 Å². The Hall–Kier alpha value is -2.47. The maximum atomic E-state index is 12.0. The molecule has 0 saturated carbocycles. The van der Waals surface area contributed by atoms with E-state index in [9.17, 15) is 9.59 Å². The van der Waals surface area contributed by atoms with Crippen LogP contribution in [0.25, 0.3) is 6.08 Å². The maximum absolute atomic E-state index is 12.0. The Morgan fingerprint density at radius 1 is 1.28 bits per heavy atom. The Bertz CT molecular complexity index is 776. The molecule has 0 radical (unpaired) electrons. The predicted molar refractivity (Wildman–Crippen MR) is 101 cm³/mol. The van der Waals surface area contributed by atoms with Crippen LogP contribution in [0, 0.1) is 6.92 Å². The molecule has 0 saturated heterocycles. The van der Waals surface area contributed by atoms with E-state index in [-0.39, 0.29) is 5.91 Å². The number of amides is 1. The molecular formula is C19H22N2O3S. The van der Waals surface area contributed by atoms with Gasteiger partial charge >= 0.3 is 5.97 Å². The first-order valence-corrected chi connectivity index (χ1v) is 8.96. The summed E-state index contributed by atoms with van der Waals surface area (Å²) < 4.78 is 4.96. The van der Waals surface area contributed by atoms with E-state index in [1.54, 1.807) is 19.9 Å². The van der Waals surface area contributed by atoms with Gasteiger partial charge in [0.15, 0.2) is 5.13 Å². The second-order valence-corrected chi connectivity index (χ2v) is 6.80. The summed E-state index contributed by atoms with van der Waals surface area (Å²) in [5.74, 6) is -0.237. The van der Waals surface area contributed by atoms with Gasteiger partial charge in [0.25, 0.3) is 0 Å². The number of thiazole rings is 1. The summed E-state index contributed by atoms with van der Waals surface area (Å²) in [6.07, 6.45) is 3.19. The molecule has 0 bridgehead atoms. The molecule has 0 spiro atoms. The first kappa shape index (κ1) is 18.9. The van der Waals surface area contributed by atoms with Crippen LogP contribution in [0.4, 0.5) is 5.13 Å². The number of benzene rings is 1. The van der Waals surface area contributed by atoms with E-state index >= 15 is 0 Å². The summed E-state index contributed by atoms with van der Waals surface area (Å²) in [4.78, 5) is 28.4. The molecule has 6 heteroatoms. The van der Waals surface area contributed by atoms with Crippen LogP contribution in [-0.2, 0) is 9.53 Å².